The molecule has 0 spiro atoms. The van der Waals surface area contributed by atoms with Crippen LogP contribution in [-0.4, -0.2) is 33.0 Å². The van der Waals surface area contributed by atoms with E-state index in [9.17, 15) is 4.79 Å². The third-order valence-electron chi connectivity index (χ3n) is 4.70. The molecule has 1 aliphatic rings. The molecule has 1 heterocycles. The van der Waals surface area contributed by atoms with Gasteiger partial charge in [0.25, 0.3) is 0 Å². The molecule has 1 atom stereocenters. The standard InChI is InChI=1S/C18H25N5O/c1-13(20-16-5-7-17(8-6-16)21-14(2)24)15-3-9-18(10-4-15)23-12-11-19-22-23/h3-4,9-13,16-17,20H,5-8H2,1-2H3,(H,21,24)/t13-,16?,17?/m1/s1. The SMILES string of the molecule is CC(=O)NC1CCC(N[C@H](C)c2ccc(-n3ccnn3)cc2)CC1. The molecular weight excluding hydrogens is 302 g/mol. The van der Waals surface area contributed by atoms with Crippen LogP contribution in [0, 0.1) is 0 Å². The first-order valence-corrected chi connectivity index (χ1v) is 8.61. The van der Waals surface area contributed by atoms with Gasteiger partial charge in [-0.2, -0.15) is 0 Å². The smallest absolute Gasteiger partial charge is 0.217 e. The highest BCUT2D eigenvalue weighted by molar-refractivity contribution is 5.73. The number of rotatable bonds is 5. The van der Waals surface area contributed by atoms with Crippen LogP contribution >= 0.6 is 0 Å². The fraction of sp³-hybridized carbons (Fsp3) is 0.500. The molecule has 6 nitrogen and oxygen atoms in total. The van der Waals surface area contributed by atoms with E-state index in [1.165, 1.54) is 5.56 Å². The molecule has 3 rings (SSSR count). The summed E-state index contributed by atoms with van der Waals surface area (Å²) < 4.78 is 1.76. The Hall–Kier alpha value is -2.21. The number of hydrogen-bond donors (Lipinski definition) is 2. The lowest BCUT2D eigenvalue weighted by atomic mass is 9.90. The Labute approximate surface area is 142 Å². The molecule has 1 amide bonds. The minimum atomic E-state index is 0.0762. The van der Waals surface area contributed by atoms with E-state index in [4.69, 9.17) is 0 Å². The Balaban J connectivity index is 1.52. The molecule has 2 N–H and O–H groups in total. The lowest BCUT2D eigenvalue weighted by Gasteiger charge is -2.31. The monoisotopic (exact) mass is 327 g/mol. The van der Waals surface area contributed by atoms with Gasteiger partial charge in [-0.3, -0.25) is 4.79 Å². The second kappa shape index (κ2) is 7.57. The highest BCUT2D eigenvalue weighted by atomic mass is 16.1. The van der Waals surface area contributed by atoms with Gasteiger partial charge in [0.15, 0.2) is 0 Å². The predicted octanol–water partition coefficient (Wildman–Crippen LogP) is 2.37. The van der Waals surface area contributed by atoms with Gasteiger partial charge in [0, 0.05) is 25.0 Å². The van der Waals surface area contributed by atoms with E-state index in [0.717, 1.165) is 31.4 Å². The summed E-state index contributed by atoms with van der Waals surface area (Å²) in [5, 5.41) is 14.6. The van der Waals surface area contributed by atoms with E-state index in [0.29, 0.717) is 18.1 Å². The van der Waals surface area contributed by atoms with E-state index in [1.807, 2.05) is 6.20 Å². The van der Waals surface area contributed by atoms with Crippen molar-refractivity contribution in [2.45, 2.75) is 57.7 Å². The fourth-order valence-corrected chi connectivity index (χ4v) is 3.40. The quantitative estimate of drug-likeness (QED) is 0.884. The third-order valence-corrected chi connectivity index (χ3v) is 4.70. The topological polar surface area (TPSA) is 71.8 Å². The summed E-state index contributed by atoms with van der Waals surface area (Å²) in [5.41, 5.74) is 2.28. The summed E-state index contributed by atoms with van der Waals surface area (Å²) in [4.78, 5) is 11.1. The first-order valence-electron chi connectivity index (χ1n) is 8.61. The summed E-state index contributed by atoms with van der Waals surface area (Å²) in [7, 11) is 0. The van der Waals surface area contributed by atoms with Gasteiger partial charge in [-0.25, -0.2) is 4.68 Å². The van der Waals surface area contributed by atoms with Crippen molar-refractivity contribution in [2.24, 2.45) is 0 Å². The number of carbonyl (C=O) groups excluding carboxylic acids is 1. The van der Waals surface area contributed by atoms with Crippen molar-refractivity contribution in [3.05, 3.63) is 42.2 Å². The van der Waals surface area contributed by atoms with Crippen molar-refractivity contribution in [3.63, 3.8) is 0 Å². The Bertz CT molecular complexity index is 645. The van der Waals surface area contributed by atoms with Crippen molar-refractivity contribution < 1.29 is 4.79 Å². The van der Waals surface area contributed by atoms with Crippen LogP contribution in [-0.2, 0) is 4.79 Å². The minimum Gasteiger partial charge on any atom is -0.354 e. The zero-order valence-electron chi connectivity index (χ0n) is 14.3. The first kappa shape index (κ1) is 16.6. The van der Waals surface area contributed by atoms with Gasteiger partial charge < -0.3 is 10.6 Å². The lowest BCUT2D eigenvalue weighted by Crippen LogP contribution is -2.42. The van der Waals surface area contributed by atoms with E-state index >= 15 is 0 Å². The molecule has 0 unspecified atom stereocenters. The fourth-order valence-electron chi connectivity index (χ4n) is 3.40. The highest BCUT2D eigenvalue weighted by Crippen LogP contribution is 2.22. The van der Waals surface area contributed by atoms with Crippen LogP contribution < -0.4 is 10.6 Å². The van der Waals surface area contributed by atoms with Crippen LogP contribution in [0.2, 0.25) is 0 Å². The zero-order valence-corrected chi connectivity index (χ0v) is 14.3. The first-order chi connectivity index (χ1) is 11.6. The number of carbonyl (C=O) groups is 1. The predicted molar refractivity (Wildman–Crippen MR) is 92.8 cm³/mol. The summed E-state index contributed by atoms with van der Waals surface area (Å²) in [6.45, 7) is 3.79. The molecule has 1 aliphatic carbocycles. The van der Waals surface area contributed by atoms with Crippen molar-refractivity contribution in [1.29, 1.82) is 0 Å². The van der Waals surface area contributed by atoms with Gasteiger partial charge in [0.1, 0.15) is 0 Å². The number of aromatic nitrogens is 3. The Morgan fingerprint density at radius 2 is 1.83 bits per heavy atom. The van der Waals surface area contributed by atoms with Crippen molar-refractivity contribution in [1.82, 2.24) is 25.6 Å². The third kappa shape index (κ3) is 4.20. The molecule has 1 aromatic heterocycles. The molecule has 24 heavy (non-hydrogen) atoms. The highest BCUT2D eigenvalue weighted by Gasteiger charge is 2.22. The van der Waals surface area contributed by atoms with Crippen LogP contribution in [0.5, 0.6) is 0 Å². The van der Waals surface area contributed by atoms with Gasteiger partial charge >= 0.3 is 0 Å². The second-order valence-electron chi connectivity index (χ2n) is 6.58. The molecule has 1 saturated carbocycles. The van der Waals surface area contributed by atoms with Crippen LogP contribution in [0.3, 0.4) is 0 Å². The van der Waals surface area contributed by atoms with Crippen molar-refractivity contribution >= 4 is 5.91 Å². The van der Waals surface area contributed by atoms with Crippen LogP contribution in [0.25, 0.3) is 5.69 Å². The molecule has 128 valence electrons. The maximum atomic E-state index is 11.1. The van der Waals surface area contributed by atoms with Gasteiger partial charge in [-0.1, -0.05) is 17.3 Å². The van der Waals surface area contributed by atoms with Gasteiger partial charge in [-0.05, 0) is 50.3 Å². The number of hydrogen-bond acceptors (Lipinski definition) is 4. The van der Waals surface area contributed by atoms with Gasteiger partial charge in [-0.15, -0.1) is 5.10 Å². The van der Waals surface area contributed by atoms with Crippen LogP contribution in [0.1, 0.15) is 51.1 Å². The minimum absolute atomic E-state index is 0.0762. The molecule has 0 bridgehead atoms. The summed E-state index contributed by atoms with van der Waals surface area (Å²) in [6, 6.07) is 9.57. The second-order valence-corrected chi connectivity index (χ2v) is 6.58. The summed E-state index contributed by atoms with van der Waals surface area (Å²) in [5.74, 6) is 0.0762. The molecule has 0 radical (unpaired) electrons. The van der Waals surface area contributed by atoms with Gasteiger partial charge in [0.2, 0.25) is 5.91 Å². The average molecular weight is 327 g/mol. The van der Waals surface area contributed by atoms with E-state index < -0.39 is 0 Å². The molecule has 1 fully saturated rings. The maximum Gasteiger partial charge on any atom is 0.217 e. The Morgan fingerprint density at radius 3 is 2.42 bits per heavy atom. The maximum absolute atomic E-state index is 11.1. The molecule has 0 saturated heterocycles. The zero-order chi connectivity index (χ0) is 16.9. The van der Waals surface area contributed by atoms with Crippen LogP contribution in [0.15, 0.2) is 36.7 Å². The summed E-state index contributed by atoms with van der Waals surface area (Å²) in [6.07, 6.45) is 7.82. The number of nitrogens with zero attached hydrogens (tertiary/aromatic N) is 3. The van der Waals surface area contributed by atoms with E-state index in [2.05, 4.69) is 52.1 Å². The molecule has 0 aliphatic heterocycles. The molecule has 2 aromatic rings. The van der Waals surface area contributed by atoms with E-state index in [1.54, 1.807) is 17.8 Å². The van der Waals surface area contributed by atoms with E-state index in [-0.39, 0.29) is 5.91 Å². The molecule has 6 heteroatoms. The van der Waals surface area contributed by atoms with Gasteiger partial charge in [0.05, 0.1) is 18.1 Å². The Kier molecular flexibility index (Phi) is 5.25. The lowest BCUT2D eigenvalue weighted by molar-refractivity contribution is -0.119. The Morgan fingerprint density at radius 1 is 1.17 bits per heavy atom. The van der Waals surface area contributed by atoms with Crippen molar-refractivity contribution in [3.8, 4) is 5.69 Å². The normalized spacial score (nSPS) is 22.1. The average Bonchev–Trinajstić information content (AvgIpc) is 3.11. The number of nitrogens with one attached hydrogen (secondary N) is 2. The van der Waals surface area contributed by atoms with Crippen molar-refractivity contribution in [2.75, 3.05) is 0 Å². The van der Waals surface area contributed by atoms with Crippen LogP contribution in [0.4, 0.5) is 0 Å². The largest absolute Gasteiger partial charge is 0.354 e. The number of amides is 1. The summed E-state index contributed by atoms with van der Waals surface area (Å²) >= 11 is 0. The number of benzene rings is 1. The molecule has 1 aromatic carbocycles. The molecular formula is C18H25N5O.